The molecule has 0 aliphatic carbocycles. The van der Waals surface area contributed by atoms with Crippen LogP contribution < -0.4 is 0 Å². The molecule has 3 heterocycles. The molecular formula is C24H28BrN5O2. The topological polar surface area (TPSA) is 95.4 Å². The number of likely N-dealkylation sites (tertiary alicyclic amines) is 1. The number of carbonyl (C=O) groups excluding carboxylic acids is 1. The van der Waals surface area contributed by atoms with Gasteiger partial charge < -0.3 is 14.7 Å². The molecular weight excluding hydrogens is 470 g/mol. The van der Waals surface area contributed by atoms with E-state index in [2.05, 4.69) is 38.3 Å². The van der Waals surface area contributed by atoms with Crippen molar-refractivity contribution in [3.63, 3.8) is 0 Å². The van der Waals surface area contributed by atoms with Gasteiger partial charge in [-0.05, 0) is 49.3 Å². The number of alkyl halides is 1. The van der Waals surface area contributed by atoms with Crippen LogP contribution in [0.4, 0.5) is 0 Å². The lowest BCUT2D eigenvalue weighted by Gasteiger charge is -2.34. The molecule has 168 valence electrons. The second-order valence-corrected chi connectivity index (χ2v) is 8.79. The maximum atomic E-state index is 12.0. The molecule has 1 saturated heterocycles. The zero-order valence-corrected chi connectivity index (χ0v) is 19.8. The molecule has 7 nitrogen and oxygen atoms in total. The van der Waals surface area contributed by atoms with E-state index < -0.39 is 0 Å². The minimum Gasteiger partial charge on any atom is -0.415 e. The predicted molar refractivity (Wildman–Crippen MR) is 128 cm³/mol. The van der Waals surface area contributed by atoms with Crippen molar-refractivity contribution in [3.05, 3.63) is 47.9 Å². The van der Waals surface area contributed by atoms with Gasteiger partial charge in [0.1, 0.15) is 5.71 Å². The monoisotopic (exact) mass is 497 g/mol. The lowest BCUT2D eigenvalue weighted by molar-refractivity contribution is -0.132. The lowest BCUT2D eigenvalue weighted by atomic mass is 9.88. The van der Waals surface area contributed by atoms with Gasteiger partial charge in [-0.15, -0.1) is 10.2 Å². The second kappa shape index (κ2) is 10.3. The quantitative estimate of drug-likeness (QED) is 0.473. The van der Waals surface area contributed by atoms with Crippen LogP contribution in [-0.4, -0.2) is 51.6 Å². The highest BCUT2D eigenvalue weighted by Crippen LogP contribution is 2.27. The Morgan fingerprint density at radius 3 is 2.59 bits per heavy atom. The number of rotatable bonds is 5. The Hall–Kier alpha value is -2.61. The van der Waals surface area contributed by atoms with Gasteiger partial charge in [0.2, 0.25) is 11.8 Å². The first kappa shape index (κ1) is 22.6. The van der Waals surface area contributed by atoms with Crippen molar-refractivity contribution >= 4 is 33.3 Å². The van der Waals surface area contributed by atoms with Gasteiger partial charge in [-0.1, -0.05) is 47.1 Å². The Morgan fingerprint density at radius 1 is 1.19 bits per heavy atom. The van der Waals surface area contributed by atoms with Crippen molar-refractivity contribution in [2.75, 3.05) is 13.1 Å². The Labute approximate surface area is 196 Å². The number of aromatic nitrogens is 2. The summed E-state index contributed by atoms with van der Waals surface area (Å²) in [5.74, 6) is 1.27. The maximum Gasteiger partial charge on any atom is 0.268 e. The van der Waals surface area contributed by atoms with Crippen LogP contribution in [0.3, 0.4) is 0 Å². The van der Waals surface area contributed by atoms with E-state index in [1.54, 1.807) is 0 Å². The number of piperidine rings is 1. The number of allylic oxidation sites excluding steroid dienone is 1. The normalized spacial score (nSPS) is 21.1. The molecule has 0 radical (unpaired) electrons. The summed E-state index contributed by atoms with van der Waals surface area (Å²) in [4.78, 5) is 18.9. The minimum atomic E-state index is -0.0573. The van der Waals surface area contributed by atoms with Gasteiger partial charge in [-0.3, -0.25) is 9.79 Å². The molecule has 2 aliphatic rings. The zero-order valence-electron chi connectivity index (χ0n) is 18.3. The van der Waals surface area contributed by atoms with E-state index >= 15 is 0 Å². The number of benzene rings is 1. The summed E-state index contributed by atoms with van der Waals surface area (Å²) in [7, 11) is 0. The zero-order chi connectivity index (χ0) is 22.5. The highest BCUT2D eigenvalue weighted by molar-refractivity contribution is 9.08. The maximum absolute atomic E-state index is 12.0. The first-order chi connectivity index (χ1) is 15.6. The third kappa shape index (κ3) is 5.06. The summed E-state index contributed by atoms with van der Waals surface area (Å²) in [6.07, 6.45) is 7.99. The first-order valence-corrected chi connectivity index (χ1v) is 12.3. The van der Waals surface area contributed by atoms with Crippen molar-refractivity contribution in [2.24, 2.45) is 10.9 Å². The fourth-order valence-corrected chi connectivity index (χ4v) is 4.56. The molecule has 1 atom stereocenters. The molecule has 0 saturated carbocycles. The highest BCUT2D eigenvalue weighted by Gasteiger charge is 2.29. The lowest BCUT2D eigenvalue weighted by Crippen LogP contribution is -2.40. The summed E-state index contributed by atoms with van der Waals surface area (Å²) in [6.45, 7) is 3.43. The van der Waals surface area contributed by atoms with E-state index in [1.165, 1.54) is 5.56 Å². The molecule has 32 heavy (non-hydrogen) atoms. The fraction of sp³-hybridized carbons (Fsp3) is 0.458. The SMILES string of the molecule is CCC(=O)N1CCC(C2/C=C\CCC(=N)C(c3nnc(-c4ccc(CBr)cc4)o3)=N2)CC1. The van der Waals surface area contributed by atoms with Gasteiger partial charge in [-0.25, -0.2) is 0 Å². The van der Waals surface area contributed by atoms with Gasteiger partial charge >= 0.3 is 0 Å². The van der Waals surface area contributed by atoms with E-state index in [0.717, 1.165) is 43.2 Å². The van der Waals surface area contributed by atoms with Crippen LogP contribution in [0.2, 0.25) is 0 Å². The minimum absolute atomic E-state index is 0.0573. The molecule has 1 aromatic heterocycles. The summed E-state index contributed by atoms with van der Waals surface area (Å²) >= 11 is 3.45. The van der Waals surface area contributed by atoms with Crippen molar-refractivity contribution in [1.82, 2.24) is 15.1 Å². The van der Waals surface area contributed by atoms with E-state index in [4.69, 9.17) is 14.8 Å². The predicted octanol–water partition coefficient (Wildman–Crippen LogP) is 4.81. The average Bonchev–Trinajstić information content (AvgIpc) is 3.31. The number of amides is 1. The molecule has 2 aromatic rings. The summed E-state index contributed by atoms with van der Waals surface area (Å²) in [5, 5.41) is 17.8. The second-order valence-electron chi connectivity index (χ2n) is 8.23. The number of carbonyl (C=O) groups is 1. The van der Waals surface area contributed by atoms with Crippen LogP contribution in [0.25, 0.3) is 11.5 Å². The Balaban J connectivity index is 1.56. The van der Waals surface area contributed by atoms with Crippen LogP contribution in [0.5, 0.6) is 0 Å². The molecule has 1 N–H and O–H groups in total. The number of aliphatic imine (C=N–C) groups is 1. The number of hydrogen-bond acceptors (Lipinski definition) is 6. The molecule has 1 fully saturated rings. The highest BCUT2D eigenvalue weighted by atomic mass is 79.9. The molecule has 1 amide bonds. The van der Waals surface area contributed by atoms with Gasteiger partial charge in [0.05, 0.1) is 11.8 Å². The number of nitrogens with one attached hydrogen (secondary N) is 1. The summed E-state index contributed by atoms with van der Waals surface area (Å²) < 4.78 is 5.97. The van der Waals surface area contributed by atoms with Crippen molar-refractivity contribution in [3.8, 4) is 11.5 Å². The van der Waals surface area contributed by atoms with Crippen LogP contribution in [0.1, 0.15) is 50.5 Å². The van der Waals surface area contributed by atoms with Gasteiger partial charge in [0.25, 0.3) is 5.89 Å². The number of halogens is 1. The van der Waals surface area contributed by atoms with Gasteiger partial charge in [-0.2, -0.15) is 0 Å². The third-order valence-electron chi connectivity index (χ3n) is 6.12. The van der Waals surface area contributed by atoms with Crippen molar-refractivity contribution in [2.45, 2.75) is 50.4 Å². The van der Waals surface area contributed by atoms with Crippen LogP contribution >= 0.6 is 15.9 Å². The fourth-order valence-electron chi connectivity index (χ4n) is 4.18. The van der Waals surface area contributed by atoms with E-state index in [9.17, 15) is 4.79 Å². The summed E-state index contributed by atoms with van der Waals surface area (Å²) in [6, 6.07) is 7.88. The van der Waals surface area contributed by atoms with Crippen LogP contribution in [0.15, 0.2) is 45.8 Å². The van der Waals surface area contributed by atoms with Crippen LogP contribution in [0, 0.1) is 11.3 Å². The Bertz CT molecular complexity index is 1020. The average molecular weight is 498 g/mol. The Morgan fingerprint density at radius 2 is 1.91 bits per heavy atom. The molecule has 1 aromatic carbocycles. The third-order valence-corrected chi connectivity index (χ3v) is 6.77. The molecule has 0 bridgehead atoms. The largest absolute Gasteiger partial charge is 0.415 e. The van der Waals surface area contributed by atoms with Gasteiger partial charge in [0, 0.05) is 30.4 Å². The summed E-state index contributed by atoms with van der Waals surface area (Å²) in [5.41, 5.74) is 2.92. The van der Waals surface area contributed by atoms with E-state index in [1.807, 2.05) is 36.1 Å². The first-order valence-electron chi connectivity index (χ1n) is 11.2. The van der Waals surface area contributed by atoms with Crippen molar-refractivity contribution < 1.29 is 9.21 Å². The smallest absolute Gasteiger partial charge is 0.268 e. The molecule has 0 spiro atoms. The number of nitrogens with zero attached hydrogens (tertiary/aromatic N) is 4. The molecule has 4 rings (SSSR count). The van der Waals surface area contributed by atoms with E-state index in [-0.39, 0.29) is 11.9 Å². The molecule has 2 aliphatic heterocycles. The van der Waals surface area contributed by atoms with Crippen LogP contribution in [-0.2, 0) is 10.1 Å². The standard InChI is InChI=1S/C24H28BrN5O2/c1-2-21(31)30-13-11-17(12-14-30)20-6-4-3-5-19(26)22(27-20)24-29-28-23(32-24)18-9-7-16(15-25)8-10-18/h4,6-10,17,20,26H,2-3,5,11-15H2,1H3/b6-4-,26-19?,27-22?. The van der Waals surface area contributed by atoms with Crippen molar-refractivity contribution in [1.29, 1.82) is 5.41 Å². The number of hydrogen-bond donors (Lipinski definition) is 1. The van der Waals surface area contributed by atoms with E-state index in [0.29, 0.717) is 42.0 Å². The molecule has 1 unspecified atom stereocenters. The van der Waals surface area contributed by atoms with Gasteiger partial charge in [0.15, 0.2) is 0 Å². The molecule has 8 heteroatoms. The Kier molecular flexibility index (Phi) is 7.29.